The lowest BCUT2D eigenvalue weighted by molar-refractivity contribution is 0.215. The number of carbonyl (C=O) groups is 1. The van der Waals surface area contributed by atoms with E-state index in [9.17, 15) is 9.18 Å². The van der Waals surface area contributed by atoms with Crippen molar-refractivity contribution in [2.45, 2.75) is 0 Å². The number of hydrogen-bond acceptors (Lipinski definition) is 3. The van der Waals surface area contributed by atoms with Crippen molar-refractivity contribution in [1.82, 2.24) is 4.98 Å². The molecule has 1 heterocycles. The Kier molecular flexibility index (Phi) is 3.30. The maximum Gasteiger partial charge on any atom is 0.417 e. The first-order chi connectivity index (χ1) is 8.24. The van der Waals surface area contributed by atoms with Crippen LogP contribution in [0.3, 0.4) is 0 Å². The largest absolute Gasteiger partial charge is 0.417 e. The molecule has 0 spiro atoms. The van der Waals surface area contributed by atoms with Gasteiger partial charge in [-0.2, -0.15) is 0 Å². The fourth-order valence-corrected chi connectivity index (χ4v) is 1.19. The van der Waals surface area contributed by atoms with Gasteiger partial charge in [-0.05, 0) is 36.4 Å². The summed E-state index contributed by atoms with van der Waals surface area (Å²) in [6.45, 7) is 0. The van der Waals surface area contributed by atoms with Gasteiger partial charge in [-0.3, -0.25) is 10.3 Å². The molecular formula is C12H9FN2O2. The first-order valence-electron chi connectivity index (χ1n) is 4.88. The van der Waals surface area contributed by atoms with E-state index in [0.717, 1.165) is 0 Å². The van der Waals surface area contributed by atoms with Crippen molar-refractivity contribution in [3.05, 3.63) is 54.6 Å². The zero-order chi connectivity index (χ0) is 12.1. The zero-order valence-electron chi connectivity index (χ0n) is 8.76. The van der Waals surface area contributed by atoms with Crippen LogP contribution in [0.2, 0.25) is 0 Å². The van der Waals surface area contributed by atoms with Crippen LogP contribution in [0, 0.1) is 5.82 Å². The van der Waals surface area contributed by atoms with E-state index in [1.54, 1.807) is 18.3 Å². The van der Waals surface area contributed by atoms with E-state index in [0.29, 0.717) is 5.69 Å². The second kappa shape index (κ2) is 5.07. The minimum atomic E-state index is -0.649. The Morgan fingerprint density at radius 2 is 2.00 bits per heavy atom. The Balaban J connectivity index is 1.96. The molecule has 17 heavy (non-hydrogen) atoms. The van der Waals surface area contributed by atoms with E-state index < -0.39 is 6.09 Å². The Morgan fingerprint density at radius 3 is 2.65 bits per heavy atom. The average Bonchev–Trinajstić information content (AvgIpc) is 2.33. The normalized spacial score (nSPS) is 9.71. The molecule has 2 rings (SSSR count). The van der Waals surface area contributed by atoms with Gasteiger partial charge < -0.3 is 4.74 Å². The van der Waals surface area contributed by atoms with Gasteiger partial charge in [-0.25, -0.2) is 9.18 Å². The molecule has 1 aromatic heterocycles. The van der Waals surface area contributed by atoms with Crippen molar-refractivity contribution in [1.29, 1.82) is 0 Å². The quantitative estimate of drug-likeness (QED) is 0.866. The molecule has 0 aliphatic heterocycles. The van der Waals surface area contributed by atoms with Gasteiger partial charge in [0, 0.05) is 6.20 Å². The highest BCUT2D eigenvalue weighted by Crippen LogP contribution is 2.12. The first-order valence-corrected chi connectivity index (χ1v) is 4.88. The predicted molar refractivity (Wildman–Crippen MR) is 60.3 cm³/mol. The standard InChI is InChI=1S/C12H9FN2O2/c13-9-3-5-11(6-4-9)17-12(16)15-10-2-1-7-14-8-10/h1-8H,(H,15,16). The number of rotatable bonds is 2. The number of halogens is 1. The van der Waals surface area contributed by atoms with Gasteiger partial charge in [0.2, 0.25) is 0 Å². The third kappa shape index (κ3) is 3.27. The topological polar surface area (TPSA) is 51.2 Å². The average molecular weight is 232 g/mol. The van der Waals surface area contributed by atoms with Gasteiger partial charge in [0.1, 0.15) is 11.6 Å². The molecule has 0 bridgehead atoms. The molecule has 0 fully saturated rings. The Morgan fingerprint density at radius 1 is 1.24 bits per heavy atom. The highest BCUT2D eigenvalue weighted by atomic mass is 19.1. The third-order valence-corrected chi connectivity index (χ3v) is 1.93. The lowest BCUT2D eigenvalue weighted by Gasteiger charge is -2.05. The van der Waals surface area contributed by atoms with Crippen molar-refractivity contribution >= 4 is 11.8 Å². The Labute approximate surface area is 97.1 Å². The van der Waals surface area contributed by atoms with Crippen LogP contribution in [0.1, 0.15) is 0 Å². The maximum atomic E-state index is 12.6. The molecule has 0 radical (unpaired) electrons. The number of benzene rings is 1. The molecule has 0 saturated carbocycles. The number of aromatic nitrogens is 1. The van der Waals surface area contributed by atoms with Crippen LogP contribution in [0.25, 0.3) is 0 Å². The third-order valence-electron chi connectivity index (χ3n) is 1.93. The van der Waals surface area contributed by atoms with Crippen molar-refractivity contribution in [3.8, 4) is 5.75 Å². The number of nitrogens with zero attached hydrogens (tertiary/aromatic N) is 1. The lowest BCUT2D eigenvalue weighted by Crippen LogP contribution is -2.16. The summed E-state index contributed by atoms with van der Waals surface area (Å²) in [6.07, 6.45) is 2.44. The van der Waals surface area contributed by atoms with Crippen molar-refractivity contribution < 1.29 is 13.9 Å². The summed E-state index contributed by atoms with van der Waals surface area (Å²) in [4.78, 5) is 15.2. The van der Waals surface area contributed by atoms with Crippen molar-refractivity contribution in [3.63, 3.8) is 0 Å². The molecule has 4 nitrogen and oxygen atoms in total. The Bertz CT molecular complexity index is 500. The molecule has 0 aliphatic rings. The van der Waals surface area contributed by atoms with E-state index in [2.05, 4.69) is 10.3 Å². The van der Waals surface area contributed by atoms with Gasteiger partial charge in [0.05, 0.1) is 11.9 Å². The summed E-state index contributed by atoms with van der Waals surface area (Å²) >= 11 is 0. The lowest BCUT2D eigenvalue weighted by atomic mass is 10.3. The number of nitrogens with one attached hydrogen (secondary N) is 1. The smallest absolute Gasteiger partial charge is 0.410 e. The highest BCUT2D eigenvalue weighted by molar-refractivity contribution is 5.85. The molecule has 0 aliphatic carbocycles. The van der Waals surface area contributed by atoms with Crippen LogP contribution in [-0.4, -0.2) is 11.1 Å². The van der Waals surface area contributed by atoms with E-state index in [1.165, 1.54) is 30.5 Å². The highest BCUT2D eigenvalue weighted by Gasteiger charge is 2.04. The molecule has 1 amide bonds. The van der Waals surface area contributed by atoms with Gasteiger partial charge in [-0.15, -0.1) is 0 Å². The second-order valence-corrected chi connectivity index (χ2v) is 3.21. The zero-order valence-corrected chi connectivity index (χ0v) is 8.76. The van der Waals surface area contributed by atoms with E-state index in [4.69, 9.17) is 4.74 Å². The molecule has 0 saturated heterocycles. The van der Waals surface area contributed by atoms with Crippen molar-refractivity contribution in [2.24, 2.45) is 0 Å². The summed E-state index contributed by atoms with van der Waals surface area (Å²) < 4.78 is 17.5. The number of hydrogen-bond donors (Lipinski definition) is 1. The van der Waals surface area contributed by atoms with Gasteiger partial charge in [0.25, 0.3) is 0 Å². The summed E-state index contributed by atoms with van der Waals surface area (Å²) in [5.41, 5.74) is 0.527. The van der Waals surface area contributed by atoms with Gasteiger partial charge in [0.15, 0.2) is 0 Å². The number of carbonyl (C=O) groups excluding carboxylic acids is 1. The monoisotopic (exact) mass is 232 g/mol. The number of anilines is 1. The van der Waals surface area contributed by atoms with Gasteiger partial charge in [-0.1, -0.05) is 0 Å². The minimum Gasteiger partial charge on any atom is -0.410 e. The van der Waals surface area contributed by atoms with E-state index >= 15 is 0 Å². The molecule has 2 aromatic rings. The molecule has 1 aromatic carbocycles. The summed E-state index contributed by atoms with van der Waals surface area (Å²) in [5.74, 6) is -0.113. The van der Waals surface area contributed by atoms with Crippen molar-refractivity contribution in [2.75, 3.05) is 5.32 Å². The van der Waals surface area contributed by atoms with Crippen LogP contribution in [-0.2, 0) is 0 Å². The minimum absolute atomic E-state index is 0.271. The molecule has 0 atom stereocenters. The van der Waals surface area contributed by atoms with Gasteiger partial charge >= 0.3 is 6.09 Å². The molecule has 1 N–H and O–H groups in total. The molecule has 0 unspecified atom stereocenters. The Hall–Kier alpha value is -2.43. The summed E-state index contributed by atoms with van der Waals surface area (Å²) in [7, 11) is 0. The van der Waals surface area contributed by atoms with E-state index in [1.807, 2.05) is 0 Å². The fraction of sp³-hybridized carbons (Fsp3) is 0. The van der Waals surface area contributed by atoms with Crippen LogP contribution in [0.5, 0.6) is 5.75 Å². The maximum absolute atomic E-state index is 12.6. The number of ether oxygens (including phenoxy) is 1. The van der Waals surface area contributed by atoms with Crippen LogP contribution in [0.4, 0.5) is 14.9 Å². The summed E-state index contributed by atoms with van der Waals surface area (Å²) in [5, 5.41) is 2.49. The van der Waals surface area contributed by atoms with Crippen LogP contribution < -0.4 is 10.1 Å². The first kappa shape index (κ1) is 11.1. The second-order valence-electron chi connectivity index (χ2n) is 3.21. The fourth-order valence-electron chi connectivity index (χ4n) is 1.19. The van der Waals surface area contributed by atoms with Crippen LogP contribution >= 0.6 is 0 Å². The SMILES string of the molecule is O=C(Nc1cccnc1)Oc1ccc(F)cc1. The van der Waals surface area contributed by atoms with E-state index in [-0.39, 0.29) is 11.6 Å². The summed E-state index contributed by atoms with van der Waals surface area (Å²) in [6, 6.07) is 8.54. The predicted octanol–water partition coefficient (Wildman–Crippen LogP) is 2.83. The van der Waals surface area contributed by atoms with Crippen LogP contribution in [0.15, 0.2) is 48.8 Å². The molecular weight excluding hydrogens is 223 g/mol. The number of amides is 1. The molecule has 5 heteroatoms. The number of pyridine rings is 1. The molecule has 86 valence electrons.